The molecular weight excluding hydrogens is 272 g/mol. The van der Waals surface area contributed by atoms with Gasteiger partial charge >= 0.3 is 0 Å². The maximum atomic E-state index is 10.9. The molecule has 1 aromatic carbocycles. The number of carbonyl (C=O) groups is 1. The second-order valence-corrected chi connectivity index (χ2v) is 3.97. The molecule has 19 heavy (non-hydrogen) atoms. The largest absolute Gasteiger partial charge is 0.455 e. The third-order valence-corrected chi connectivity index (χ3v) is 2.45. The van der Waals surface area contributed by atoms with Crippen LogP contribution in [0.5, 0.6) is 11.5 Å². The number of benzene rings is 1. The third kappa shape index (κ3) is 3.05. The molecule has 0 unspecified atom stereocenters. The van der Waals surface area contributed by atoms with Crippen molar-refractivity contribution in [1.29, 1.82) is 0 Å². The van der Waals surface area contributed by atoms with Crippen LogP contribution in [0.15, 0.2) is 36.7 Å². The topological polar surface area (TPSA) is 82.3 Å². The fourth-order valence-corrected chi connectivity index (χ4v) is 1.57. The second-order valence-electron chi connectivity index (χ2n) is 3.54. The molecule has 0 N–H and O–H groups in total. The van der Waals surface area contributed by atoms with Gasteiger partial charge in [-0.3, -0.25) is 19.9 Å². The Morgan fingerprint density at radius 1 is 1.32 bits per heavy atom. The van der Waals surface area contributed by atoms with Gasteiger partial charge in [0.2, 0.25) is 0 Å². The Hall–Kier alpha value is -2.47. The van der Waals surface area contributed by atoms with Crippen LogP contribution in [0.3, 0.4) is 0 Å². The summed E-state index contributed by atoms with van der Waals surface area (Å²) in [6.45, 7) is 0. The molecule has 0 fully saturated rings. The summed E-state index contributed by atoms with van der Waals surface area (Å²) in [4.78, 5) is 24.8. The number of ether oxygens (including phenoxy) is 1. The summed E-state index contributed by atoms with van der Waals surface area (Å²) in [5.41, 5.74) is -0.104. The Kier molecular flexibility index (Phi) is 3.72. The van der Waals surface area contributed by atoms with E-state index in [1.165, 1.54) is 30.6 Å². The lowest BCUT2D eigenvalue weighted by Gasteiger charge is -2.07. The molecule has 0 aliphatic rings. The number of non-ortho nitro benzene ring substituents is 1. The van der Waals surface area contributed by atoms with E-state index in [1.54, 1.807) is 0 Å². The highest BCUT2D eigenvalue weighted by molar-refractivity contribution is 6.30. The van der Waals surface area contributed by atoms with E-state index in [-0.39, 0.29) is 17.0 Å². The maximum absolute atomic E-state index is 10.9. The average molecular weight is 279 g/mol. The first-order valence-electron chi connectivity index (χ1n) is 5.12. The van der Waals surface area contributed by atoms with Crippen LogP contribution in [0.2, 0.25) is 5.02 Å². The maximum Gasteiger partial charge on any atom is 0.270 e. The lowest BCUT2D eigenvalue weighted by molar-refractivity contribution is -0.384. The zero-order valence-corrected chi connectivity index (χ0v) is 10.2. The summed E-state index contributed by atoms with van der Waals surface area (Å²) in [5, 5.41) is 11.0. The molecule has 0 aliphatic heterocycles. The van der Waals surface area contributed by atoms with Crippen LogP contribution in [-0.2, 0) is 0 Å². The number of halogens is 1. The van der Waals surface area contributed by atoms with Crippen molar-refractivity contribution in [1.82, 2.24) is 4.98 Å². The molecule has 0 radical (unpaired) electrons. The Labute approximate surface area is 112 Å². The highest BCUT2D eigenvalue weighted by atomic mass is 35.5. The Morgan fingerprint density at radius 3 is 2.74 bits per heavy atom. The van der Waals surface area contributed by atoms with Gasteiger partial charge in [-0.2, -0.15) is 0 Å². The number of nitro benzene ring substituents is 1. The monoisotopic (exact) mass is 278 g/mol. The molecule has 2 rings (SSSR count). The fraction of sp³-hybridized carbons (Fsp3) is 0. The van der Waals surface area contributed by atoms with Crippen molar-refractivity contribution in [2.24, 2.45) is 0 Å². The van der Waals surface area contributed by atoms with Crippen molar-refractivity contribution in [3.63, 3.8) is 0 Å². The Balaban J connectivity index is 2.35. The van der Waals surface area contributed by atoms with Crippen LogP contribution in [0.4, 0.5) is 5.69 Å². The zero-order valence-electron chi connectivity index (χ0n) is 9.45. The van der Waals surface area contributed by atoms with Crippen LogP contribution in [0, 0.1) is 10.1 Å². The van der Waals surface area contributed by atoms with Gasteiger partial charge in [-0.25, -0.2) is 0 Å². The molecule has 7 heteroatoms. The molecule has 1 aromatic heterocycles. The number of carbonyl (C=O) groups excluding carboxylic acids is 1. The van der Waals surface area contributed by atoms with E-state index in [2.05, 4.69) is 4.98 Å². The van der Waals surface area contributed by atoms with Gasteiger partial charge in [-0.15, -0.1) is 0 Å². The Bertz CT molecular complexity index is 645. The van der Waals surface area contributed by atoms with Gasteiger partial charge in [-0.1, -0.05) is 11.6 Å². The number of nitro groups is 1. The van der Waals surface area contributed by atoms with E-state index in [4.69, 9.17) is 16.3 Å². The molecule has 0 saturated carbocycles. The highest BCUT2D eigenvalue weighted by Gasteiger charge is 2.12. The molecule has 2 aromatic rings. The van der Waals surface area contributed by atoms with Gasteiger partial charge < -0.3 is 4.74 Å². The first kappa shape index (κ1) is 13.0. The lowest BCUT2D eigenvalue weighted by atomic mass is 10.2. The van der Waals surface area contributed by atoms with E-state index in [1.807, 2.05) is 0 Å². The first-order chi connectivity index (χ1) is 9.10. The number of aromatic nitrogens is 1. The van der Waals surface area contributed by atoms with Crippen molar-refractivity contribution in [3.8, 4) is 11.5 Å². The average Bonchev–Trinajstić information content (AvgIpc) is 2.39. The minimum Gasteiger partial charge on any atom is -0.455 e. The van der Waals surface area contributed by atoms with Crippen molar-refractivity contribution < 1.29 is 14.5 Å². The van der Waals surface area contributed by atoms with Crippen molar-refractivity contribution >= 4 is 23.6 Å². The summed E-state index contributed by atoms with van der Waals surface area (Å²) in [5.74, 6) is 0.536. The minimum absolute atomic E-state index is 0.0779. The summed E-state index contributed by atoms with van der Waals surface area (Å²) < 4.78 is 5.42. The van der Waals surface area contributed by atoms with E-state index in [0.29, 0.717) is 17.1 Å². The van der Waals surface area contributed by atoms with Crippen molar-refractivity contribution in [3.05, 3.63) is 57.4 Å². The first-order valence-corrected chi connectivity index (χ1v) is 5.50. The molecule has 1 heterocycles. The van der Waals surface area contributed by atoms with Gasteiger partial charge in [0, 0.05) is 24.4 Å². The van der Waals surface area contributed by atoms with Gasteiger partial charge in [0.15, 0.2) is 6.29 Å². The summed E-state index contributed by atoms with van der Waals surface area (Å²) in [7, 11) is 0. The molecule has 0 aliphatic carbocycles. The predicted molar refractivity (Wildman–Crippen MR) is 67.8 cm³/mol. The summed E-state index contributed by atoms with van der Waals surface area (Å²) in [6.07, 6.45) is 3.34. The number of nitrogens with zero attached hydrogens (tertiary/aromatic N) is 2. The molecular formula is C12H7ClN2O4. The number of pyridine rings is 1. The second kappa shape index (κ2) is 5.45. The number of hydrogen-bond donors (Lipinski definition) is 0. The SMILES string of the molecule is O=Cc1cc([N+](=O)[O-])ccc1Oc1cncc(Cl)c1. The molecule has 0 bridgehead atoms. The smallest absolute Gasteiger partial charge is 0.270 e. The predicted octanol–water partition coefficient (Wildman–Crippen LogP) is 3.25. The highest BCUT2D eigenvalue weighted by Crippen LogP contribution is 2.28. The standard InChI is InChI=1S/C12H7ClN2O4/c13-9-4-11(6-14-5-9)19-12-2-1-10(15(17)18)3-8(12)7-16/h1-7H. The fourth-order valence-electron chi connectivity index (χ4n) is 1.41. The van der Waals surface area contributed by atoms with Gasteiger partial charge in [0.05, 0.1) is 21.7 Å². The van der Waals surface area contributed by atoms with E-state index >= 15 is 0 Å². The van der Waals surface area contributed by atoms with E-state index in [0.717, 1.165) is 6.07 Å². The summed E-state index contributed by atoms with van der Waals surface area (Å²) >= 11 is 5.75. The molecule has 0 spiro atoms. The number of rotatable bonds is 4. The van der Waals surface area contributed by atoms with Crippen molar-refractivity contribution in [2.75, 3.05) is 0 Å². The third-order valence-electron chi connectivity index (χ3n) is 2.24. The molecule has 0 saturated heterocycles. The van der Waals surface area contributed by atoms with Gasteiger partial charge in [-0.05, 0) is 6.07 Å². The van der Waals surface area contributed by atoms with Crippen molar-refractivity contribution in [2.45, 2.75) is 0 Å². The van der Waals surface area contributed by atoms with Crippen LogP contribution < -0.4 is 4.74 Å². The molecule has 0 atom stereocenters. The lowest BCUT2D eigenvalue weighted by Crippen LogP contribution is -1.94. The molecule has 0 amide bonds. The van der Waals surface area contributed by atoms with E-state index < -0.39 is 4.92 Å². The number of aldehydes is 1. The van der Waals surface area contributed by atoms with Crippen LogP contribution in [0.1, 0.15) is 10.4 Å². The van der Waals surface area contributed by atoms with Crippen LogP contribution >= 0.6 is 11.6 Å². The quantitative estimate of drug-likeness (QED) is 0.487. The number of hydrogen-bond acceptors (Lipinski definition) is 5. The zero-order chi connectivity index (χ0) is 13.8. The van der Waals surface area contributed by atoms with Gasteiger partial charge in [0.25, 0.3) is 5.69 Å². The molecule has 6 nitrogen and oxygen atoms in total. The van der Waals surface area contributed by atoms with Gasteiger partial charge in [0.1, 0.15) is 11.5 Å². The summed E-state index contributed by atoms with van der Waals surface area (Å²) in [6, 6.07) is 5.26. The normalized spacial score (nSPS) is 9.95. The minimum atomic E-state index is -0.586. The van der Waals surface area contributed by atoms with E-state index in [9.17, 15) is 14.9 Å². The Morgan fingerprint density at radius 2 is 2.11 bits per heavy atom. The van der Waals surface area contributed by atoms with Crippen LogP contribution in [-0.4, -0.2) is 16.2 Å². The molecule has 96 valence electrons. The van der Waals surface area contributed by atoms with Crippen LogP contribution in [0.25, 0.3) is 0 Å².